The normalized spacial score (nSPS) is 10.7. The molecule has 0 atom stereocenters. The van der Waals surface area contributed by atoms with Gasteiger partial charge in [-0.1, -0.05) is 18.2 Å². The molecule has 2 aromatic carbocycles. The number of amides is 1. The highest BCUT2D eigenvalue weighted by Crippen LogP contribution is 2.15. The van der Waals surface area contributed by atoms with Crippen molar-refractivity contribution in [1.29, 1.82) is 0 Å². The average Bonchev–Trinajstić information content (AvgIpc) is 3.13. The first kappa shape index (κ1) is 18.6. The Morgan fingerprint density at radius 2 is 1.85 bits per heavy atom. The van der Waals surface area contributed by atoms with Crippen LogP contribution in [0.3, 0.4) is 0 Å². The molecule has 0 unspecified atom stereocenters. The van der Waals surface area contributed by atoms with Crippen molar-refractivity contribution >= 4 is 5.91 Å². The summed E-state index contributed by atoms with van der Waals surface area (Å²) in [5.74, 6) is 0.369. The van der Waals surface area contributed by atoms with Crippen LogP contribution in [0.2, 0.25) is 0 Å². The quantitative estimate of drug-likeness (QED) is 0.699. The van der Waals surface area contributed by atoms with E-state index in [2.05, 4.69) is 15.5 Å². The first-order valence-electron chi connectivity index (χ1n) is 8.57. The van der Waals surface area contributed by atoms with Gasteiger partial charge in [-0.15, -0.1) is 10.2 Å². The Bertz CT molecular complexity index is 948. The number of carbonyl (C=O) groups is 1. The fourth-order valence-electron chi connectivity index (χ4n) is 2.59. The number of nitrogens with one attached hydrogen (secondary N) is 1. The number of rotatable bonds is 6. The minimum Gasteiger partial charge on any atom is -0.497 e. The van der Waals surface area contributed by atoms with Crippen LogP contribution in [0.1, 0.15) is 32.9 Å². The summed E-state index contributed by atoms with van der Waals surface area (Å²) in [6.45, 7) is 3.99. The van der Waals surface area contributed by atoms with Gasteiger partial charge in [-0.25, -0.2) is 0 Å². The highest BCUT2D eigenvalue weighted by molar-refractivity contribution is 5.93. The maximum atomic E-state index is 12.5. The lowest BCUT2D eigenvalue weighted by atomic mass is 10.1. The van der Waals surface area contributed by atoms with Gasteiger partial charge in [0, 0.05) is 6.54 Å². The van der Waals surface area contributed by atoms with Crippen LogP contribution in [0, 0.1) is 13.8 Å². The Labute approximate surface area is 157 Å². The maximum Gasteiger partial charge on any atom is 0.274 e. The number of aromatic nitrogens is 3. The van der Waals surface area contributed by atoms with Crippen molar-refractivity contribution in [2.24, 2.45) is 0 Å². The second kappa shape index (κ2) is 8.01. The van der Waals surface area contributed by atoms with E-state index in [0.717, 1.165) is 28.1 Å². The van der Waals surface area contributed by atoms with Crippen LogP contribution < -0.4 is 10.1 Å². The molecular weight excluding hydrogens is 344 g/mol. The second-order valence-corrected chi connectivity index (χ2v) is 6.24. The van der Waals surface area contributed by atoms with Gasteiger partial charge < -0.3 is 15.2 Å². The molecule has 0 saturated carbocycles. The van der Waals surface area contributed by atoms with Gasteiger partial charge in [0.1, 0.15) is 11.4 Å². The third-order valence-corrected chi connectivity index (χ3v) is 4.38. The lowest BCUT2D eigenvalue weighted by molar-refractivity contribution is 0.0942. The maximum absolute atomic E-state index is 12.5. The molecule has 1 aromatic heterocycles. The molecule has 0 aliphatic heterocycles. The Balaban J connectivity index is 1.77. The van der Waals surface area contributed by atoms with E-state index < -0.39 is 0 Å². The summed E-state index contributed by atoms with van der Waals surface area (Å²) in [4.78, 5) is 13.9. The fraction of sp³-hybridized carbons (Fsp3) is 0.250. The van der Waals surface area contributed by atoms with E-state index >= 15 is 0 Å². The fourth-order valence-corrected chi connectivity index (χ4v) is 2.59. The number of aliphatic hydroxyl groups is 1. The van der Waals surface area contributed by atoms with Gasteiger partial charge >= 0.3 is 0 Å². The molecule has 0 aliphatic rings. The number of hydrogen-bond acceptors (Lipinski definition) is 5. The van der Waals surface area contributed by atoms with Crippen molar-refractivity contribution in [1.82, 2.24) is 20.3 Å². The molecule has 0 aliphatic carbocycles. The Morgan fingerprint density at radius 3 is 2.48 bits per heavy atom. The standard InChI is InChI=1S/C20H22N4O3/c1-13-4-7-16(10-14(13)2)24-22-18(12-25)19(23-24)20(26)21-11-15-5-8-17(27-3)9-6-15/h4-10,25H,11-12H2,1-3H3,(H,21,26). The van der Waals surface area contributed by atoms with Crippen LogP contribution in [0.15, 0.2) is 42.5 Å². The van der Waals surface area contributed by atoms with Gasteiger partial charge in [0.05, 0.1) is 19.4 Å². The van der Waals surface area contributed by atoms with Gasteiger partial charge in [-0.2, -0.15) is 4.80 Å². The number of nitrogens with zero attached hydrogens (tertiary/aromatic N) is 3. The van der Waals surface area contributed by atoms with Crippen molar-refractivity contribution in [2.75, 3.05) is 7.11 Å². The number of aryl methyl sites for hydroxylation is 2. The van der Waals surface area contributed by atoms with Crippen molar-refractivity contribution in [3.8, 4) is 11.4 Å². The van der Waals surface area contributed by atoms with E-state index in [-0.39, 0.29) is 23.9 Å². The van der Waals surface area contributed by atoms with Crippen molar-refractivity contribution in [2.45, 2.75) is 27.0 Å². The molecule has 3 aromatic rings. The highest BCUT2D eigenvalue weighted by atomic mass is 16.5. The van der Waals surface area contributed by atoms with Gasteiger partial charge in [0.2, 0.25) is 0 Å². The summed E-state index contributed by atoms with van der Waals surface area (Å²) in [7, 11) is 1.60. The molecular formula is C20H22N4O3. The SMILES string of the molecule is COc1ccc(CNC(=O)c2nn(-c3ccc(C)c(C)c3)nc2CO)cc1. The van der Waals surface area contributed by atoms with Crippen LogP contribution in [0.25, 0.3) is 5.69 Å². The van der Waals surface area contributed by atoms with E-state index in [4.69, 9.17) is 4.74 Å². The molecule has 7 heteroatoms. The molecule has 2 N–H and O–H groups in total. The molecule has 0 bridgehead atoms. The topological polar surface area (TPSA) is 89.3 Å². The molecule has 0 spiro atoms. The molecule has 7 nitrogen and oxygen atoms in total. The molecule has 0 saturated heterocycles. The Kier molecular flexibility index (Phi) is 5.52. The molecule has 3 rings (SSSR count). The van der Waals surface area contributed by atoms with Gasteiger partial charge in [-0.05, 0) is 54.8 Å². The Morgan fingerprint density at radius 1 is 1.11 bits per heavy atom. The summed E-state index contributed by atoms with van der Waals surface area (Å²) in [6, 6.07) is 13.2. The zero-order valence-corrected chi connectivity index (χ0v) is 15.6. The van der Waals surface area contributed by atoms with E-state index in [1.807, 2.05) is 56.3 Å². The number of methoxy groups -OCH3 is 1. The smallest absolute Gasteiger partial charge is 0.274 e. The van der Waals surface area contributed by atoms with Crippen molar-refractivity contribution < 1.29 is 14.6 Å². The molecule has 1 heterocycles. The average molecular weight is 366 g/mol. The summed E-state index contributed by atoms with van der Waals surface area (Å²) < 4.78 is 5.12. The largest absolute Gasteiger partial charge is 0.497 e. The van der Waals surface area contributed by atoms with Crippen molar-refractivity contribution in [3.63, 3.8) is 0 Å². The summed E-state index contributed by atoms with van der Waals surface area (Å²) >= 11 is 0. The summed E-state index contributed by atoms with van der Waals surface area (Å²) in [6.07, 6.45) is 0. The number of hydrogen-bond donors (Lipinski definition) is 2. The van der Waals surface area contributed by atoms with E-state index in [1.54, 1.807) is 7.11 Å². The molecule has 0 radical (unpaired) electrons. The van der Waals surface area contributed by atoms with Crippen LogP contribution in [0.4, 0.5) is 0 Å². The molecule has 1 amide bonds. The van der Waals surface area contributed by atoms with Crippen molar-refractivity contribution in [3.05, 3.63) is 70.5 Å². The van der Waals surface area contributed by atoms with E-state index in [1.165, 1.54) is 4.80 Å². The molecule has 140 valence electrons. The monoisotopic (exact) mass is 366 g/mol. The first-order chi connectivity index (χ1) is 13.0. The third kappa shape index (κ3) is 4.15. The minimum atomic E-state index is -0.384. The summed E-state index contributed by atoms with van der Waals surface area (Å²) in [5, 5.41) is 20.9. The first-order valence-corrected chi connectivity index (χ1v) is 8.57. The molecule has 0 fully saturated rings. The number of ether oxygens (including phenoxy) is 1. The van der Waals surface area contributed by atoms with Crippen LogP contribution in [0.5, 0.6) is 5.75 Å². The van der Waals surface area contributed by atoms with E-state index in [0.29, 0.717) is 6.54 Å². The second-order valence-electron chi connectivity index (χ2n) is 6.24. The predicted octanol–water partition coefficient (Wildman–Crippen LogP) is 2.32. The lowest BCUT2D eigenvalue weighted by Gasteiger charge is -2.05. The third-order valence-electron chi connectivity index (χ3n) is 4.38. The van der Waals surface area contributed by atoms with Crippen LogP contribution in [-0.4, -0.2) is 33.1 Å². The number of benzene rings is 2. The zero-order valence-electron chi connectivity index (χ0n) is 15.6. The molecule has 27 heavy (non-hydrogen) atoms. The van der Waals surface area contributed by atoms with Gasteiger partial charge in [0.15, 0.2) is 5.69 Å². The van der Waals surface area contributed by atoms with Crippen LogP contribution >= 0.6 is 0 Å². The minimum absolute atomic E-state index is 0.115. The highest BCUT2D eigenvalue weighted by Gasteiger charge is 2.18. The van der Waals surface area contributed by atoms with E-state index in [9.17, 15) is 9.90 Å². The Hall–Kier alpha value is -3.19. The number of aliphatic hydroxyl groups excluding tert-OH is 1. The predicted molar refractivity (Wildman–Crippen MR) is 101 cm³/mol. The number of carbonyl (C=O) groups excluding carboxylic acids is 1. The van der Waals surface area contributed by atoms with Crippen LogP contribution in [-0.2, 0) is 13.2 Å². The lowest BCUT2D eigenvalue weighted by Crippen LogP contribution is -2.24. The summed E-state index contributed by atoms with van der Waals surface area (Å²) in [5.41, 5.74) is 4.27. The zero-order chi connectivity index (χ0) is 19.4. The van der Waals surface area contributed by atoms with Gasteiger partial charge in [-0.3, -0.25) is 4.79 Å². The van der Waals surface area contributed by atoms with Gasteiger partial charge in [0.25, 0.3) is 5.91 Å².